The molecule has 0 bridgehead atoms. The quantitative estimate of drug-likeness (QED) is 0.185. The molecule has 1 aromatic carbocycles. The van der Waals surface area contributed by atoms with Gasteiger partial charge >= 0.3 is 0 Å². The van der Waals surface area contributed by atoms with Gasteiger partial charge in [-0.05, 0) is 42.5 Å². The number of rotatable bonds is 11. The first-order chi connectivity index (χ1) is 20.8. The molecule has 0 amide bonds. The van der Waals surface area contributed by atoms with Crippen LogP contribution in [-0.2, 0) is 23.0 Å². The predicted molar refractivity (Wildman–Crippen MR) is 166 cm³/mol. The van der Waals surface area contributed by atoms with E-state index in [0.29, 0.717) is 53.8 Å². The molecule has 43 heavy (non-hydrogen) atoms. The average molecular weight is 599 g/mol. The van der Waals surface area contributed by atoms with Gasteiger partial charge in [0.25, 0.3) is 0 Å². The number of hydrogen-bond acceptors (Lipinski definition) is 11. The summed E-state index contributed by atoms with van der Waals surface area (Å²) in [6, 6.07) is 15.4. The minimum atomic E-state index is -3.04. The molecule has 0 atom stereocenters. The van der Waals surface area contributed by atoms with Crippen LogP contribution < -0.4 is 21.1 Å². The Hall–Kier alpha value is -5.01. The number of fused-ring (bicyclic) bond motifs is 2. The van der Waals surface area contributed by atoms with Gasteiger partial charge in [-0.2, -0.15) is 0 Å². The molecular formula is C30H30N8O4S. The smallest absolute Gasteiger partial charge is 0.150 e. The maximum absolute atomic E-state index is 11.4. The number of hydrogen-bond donors (Lipinski definition) is 3. The Morgan fingerprint density at radius 1 is 1.07 bits per heavy atom. The number of ether oxygens (including phenoxy) is 1. The number of anilines is 2. The first-order valence-corrected chi connectivity index (χ1v) is 15.6. The third-order valence-corrected chi connectivity index (χ3v) is 7.82. The molecule has 0 spiro atoms. The summed E-state index contributed by atoms with van der Waals surface area (Å²) in [5, 5.41) is 7.83. The minimum Gasteiger partial charge on any atom is -0.489 e. The van der Waals surface area contributed by atoms with Gasteiger partial charge in [0, 0.05) is 54.8 Å². The number of furan rings is 1. The van der Waals surface area contributed by atoms with Gasteiger partial charge in [0.1, 0.15) is 51.7 Å². The van der Waals surface area contributed by atoms with Gasteiger partial charge in [-0.1, -0.05) is 0 Å². The first kappa shape index (κ1) is 28.1. The van der Waals surface area contributed by atoms with Gasteiger partial charge in [0.05, 0.1) is 35.1 Å². The summed E-state index contributed by atoms with van der Waals surface area (Å²) < 4.78 is 36.9. The number of sulfone groups is 1. The van der Waals surface area contributed by atoms with Gasteiger partial charge in [-0.3, -0.25) is 9.55 Å². The fourth-order valence-corrected chi connectivity index (χ4v) is 5.25. The minimum absolute atomic E-state index is 0.0526. The molecule has 6 aromatic rings. The van der Waals surface area contributed by atoms with Gasteiger partial charge in [-0.25, -0.2) is 23.4 Å². The normalized spacial score (nSPS) is 11.8. The number of nitrogens with two attached hydrogens (primary N) is 1. The van der Waals surface area contributed by atoms with Crippen LogP contribution in [0.25, 0.3) is 38.9 Å². The SMILES string of the molecule is CNc1ccc2ccc(OCc3cncc(-n4cc(-c5ccc(CNCCS(C)(=O)=O)o5)c5c(N)ncnc54)c3)cc2n1. The van der Waals surface area contributed by atoms with E-state index in [4.69, 9.17) is 14.9 Å². The van der Waals surface area contributed by atoms with Crippen molar-refractivity contribution in [2.24, 2.45) is 0 Å². The highest BCUT2D eigenvalue weighted by atomic mass is 32.2. The third-order valence-electron chi connectivity index (χ3n) is 6.87. The van der Waals surface area contributed by atoms with Crippen molar-refractivity contribution in [3.63, 3.8) is 0 Å². The highest BCUT2D eigenvalue weighted by Gasteiger charge is 2.19. The van der Waals surface area contributed by atoms with Crippen LogP contribution >= 0.6 is 0 Å². The molecule has 5 heterocycles. The monoisotopic (exact) mass is 598 g/mol. The van der Waals surface area contributed by atoms with Crippen molar-refractivity contribution in [2.45, 2.75) is 13.2 Å². The van der Waals surface area contributed by atoms with Gasteiger partial charge < -0.3 is 25.5 Å². The molecule has 5 aromatic heterocycles. The largest absolute Gasteiger partial charge is 0.489 e. The lowest BCUT2D eigenvalue weighted by Crippen LogP contribution is -2.21. The summed E-state index contributed by atoms with van der Waals surface area (Å²) in [5.41, 5.74) is 10.1. The topological polar surface area (TPSA) is 163 Å². The molecule has 4 N–H and O–H groups in total. The van der Waals surface area contributed by atoms with Gasteiger partial charge in [0.15, 0.2) is 5.65 Å². The van der Waals surface area contributed by atoms with Crippen molar-refractivity contribution in [1.29, 1.82) is 0 Å². The summed E-state index contributed by atoms with van der Waals surface area (Å²) in [6.45, 7) is 1.02. The van der Waals surface area contributed by atoms with Gasteiger partial charge in [0.2, 0.25) is 0 Å². The van der Waals surface area contributed by atoms with Crippen molar-refractivity contribution in [1.82, 2.24) is 29.8 Å². The van der Waals surface area contributed by atoms with E-state index in [1.165, 1.54) is 12.6 Å². The van der Waals surface area contributed by atoms with E-state index in [9.17, 15) is 8.42 Å². The fraction of sp³-hybridized carbons (Fsp3) is 0.200. The zero-order valence-electron chi connectivity index (χ0n) is 23.6. The molecule has 0 saturated heterocycles. The number of nitrogens with one attached hydrogen (secondary N) is 2. The summed E-state index contributed by atoms with van der Waals surface area (Å²) in [4.78, 5) is 17.8. The summed E-state index contributed by atoms with van der Waals surface area (Å²) >= 11 is 0. The first-order valence-electron chi connectivity index (χ1n) is 13.5. The van der Waals surface area contributed by atoms with Crippen LogP contribution in [0.2, 0.25) is 0 Å². The van der Waals surface area contributed by atoms with Crippen molar-refractivity contribution in [3.8, 4) is 22.8 Å². The van der Waals surface area contributed by atoms with Crippen LogP contribution in [-0.4, -0.2) is 58.5 Å². The molecule has 220 valence electrons. The summed E-state index contributed by atoms with van der Waals surface area (Å²) in [6.07, 6.45) is 8.02. The molecule has 0 radical (unpaired) electrons. The molecule has 0 aliphatic heterocycles. The number of pyridine rings is 2. The molecule has 0 aliphatic rings. The molecule has 6 rings (SSSR count). The highest BCUT2D eigenvalue weighted by molar-refractivity contribution is 7.90. The third kappa shape index (κ3) is 6.27. The van der Waals surface area contributed by atoms with E-state index in [-0.39, 0.29) is 5.75 Å². The zero-order valence-corrected chi connectivity index (χ0v) is 24.4. The number of aromatic nitrogens is 5. The zero-order chi connectivity index (χ0) is 30.0. The van der Waals surface area contributed by atoms with Crippen molar-refractivity contribution >= 4 is 43.4 Å². The maximum atomic E-state index is 11.4. The van der Waals surface area contributed by atoms with Crippen molar-refractivity contribution in [2.75, 3.05) is 36.7 Å². The standard InChI is InChI=1S/C30H30N8O4S/c1-32-27-8-4-20-3-5-22(12-25(20)37-27)41-17-19-11-21(14-34-13-19)38-16-24(28-29(31)35-18-36-30(28)38)26-7-6-23(42-26)15-33-9-10-43(2,39)40/h3-8,11-14,16,18,33H,9-10,15,17H2,1-2H3,(H,32,37)(H2,31,35,36). The molecule has 0 fully saturated rings. The Bertz CT molecular complexity index is 2040. The van der Waals surface area contributed by atoms with Crippen LogP contribution in [0.15, 0.2) is 77.9 Å². The number of nitrogens with zero attached hydrogens (tertiary/aromatic N) is 5. The fourth-order valence-electron chi connectivity index (χ4n) is 4.73. The van der Waals surface area contributed by atoms with Crippen LogP contribution in [0.3, 0.4) is 0 Å². The van der Waals surface area contributed by atoms with E-state index in [0.717, 1.165) is 33.5 Å². The second-order valence-corrected chi connectivity index (χ2v) is 12.3. The van der Waals surface area contributed by atoms with E-state index in [1.807, 2.05) is 66.3 Å². The molecule has 0 unspecified atom stereocenters. The Labute approximate surface area is 247 Å². The summed E-state index contributed by atoms with van der Waals surface area (Å²) in [5.74, 6) is 3.11. The van der Waals surface area contributed by atoms with Crippen LogP contribution in [0.4, 0.5) is 11.6 Å². The van der Waals surface area contributed by atoms with Crippen LogP contribution in [0.1, 0.15) is 11.3 Å². The highest BCUT2D eigenvalue weighted by Crippen LogP contribution is 2.35. The lowest BCUT2D eigenvalue weighted by Gasteiger charge is -2.10. The molecule has 0 saturated carbocycles. The van der Waals surface area contributed by atoms with E-state index in [1.54, 1.807) is 12.4 Å². The van der Waals surface area contributed by atoms with E-state index < -0.39 is 9.84 Å². The van der Waals surface area contributed by atoms with E-state index in [2.05, 4.69) is 30.6 Å². The van der Waals surface area contributed by atoms with Crippen molar-refractivity contribution in [3.05, 3.63) is 84.8 Å². The predicted octanol–water partition coefficient (Wildman–Crippen LogP) is 3.96. The molecular weight excluding hydrogens is 568 g/mol. The second-order valence-electron chi connectivity index (χ2n) is 10.1. The molecule has 12 nitrogen and oxygen atoms in total. The van der Waals surface area contributed by atoms with Crippen LogP contribution in [0, 0.1) is 0 Å². The maximum Gasteiger partial charge on any atom is 0.150 e. The Balaban J connectivity index is 1.24. The Morgan fingerprint density at radius 2 is 1.93 bits per heavy atom. The lowest BCUT2D eigenvalue weighted by atomic mass is 10.2. The molecule has 13 heteroatoms. The molecule has 0 aliphatic carbocycles. The average Bonchev–Trinajstić information content (AvgIpc) is 3.63. The second kappa shape index (κ2) is 11.7. The van der Waals surface area contributed by atoms with E-state index >= 15 is 0 Å². The van der Waals surface area contributed by atoms with Gasteiger partial charge in [-0.15, -0.1) is 0 Å². The van der Waals surface area contributed by atoms with Crippen molar-refractivity contribution < 1.29 is 17.6 Å². The Kier molecular flexibility index (Phi) is 7.65. The lowest BCUT2D eigenvalue weighted by molar-refractivity contribution is 0.306. The number of nitrogen functional groups attached to an aromatic ring is 1. The summed E-state index contributed by atoms with van der Waals surface area (Å²) in [7, 11) is -1.21. The van der Waals surface area contributed by atoms with Crippen LogP contribution in [0.5, 0.6) is 5.75 Å². The Morgan fingerprint density at radius 3 is 2.77 bits per heavy atom. The number of benzene rings is 1.